The first-order chi connectivity index (χ1) is 11.1. The highest BCUT2D eigenvalue weighted by atomic mass is 16.2. The van der Waals surface area contributed by atoms with Crippen molar-refractivity contribution < 1.29 is 4.79 Å². The van der Waals surface area contributed by atoms with Crippen LogP contribution in [0.1, 0.15) is 38.7 Å². The van der Waals surface area contributed by atoms with Crippen molar-refractivity contribution in [1.29, 1.82) is 0 Å². The van der Waals surface area contributed by atoms with Gasteiger partial charge in [0.15, 0.2) is 0 Å². The molecule has 1 saturated carbocycles. The van der Waals surface area contributed by atoms with Crippen molar-refractivity contribution in [2.24, 2.45) is 5.92 Å². The fourth-order valence-electron chi connectivity index (χ4n) is 3.38. The first kappa shape index (κ1) is 16.3. The third kappa shape index (κ3) is 4.96. The zero-order valence-corrected chi connectivity index (χ0v) is 14.4. The molecule has 0 unspecified atom stereocenters. The molecule has 23 heavy (non-hydrogen) atoms. The number of carbonyl (C=O) groups excluding carboxylic acids is 1. The average Bonchev–Trinajstić information content (AvgIpc) is 3.33. The molecule has 3 rings (SSSR count). The highest BCUT2D eigenvalue weighted by molar-refractivity contribution is 5.73. The molecule has 1 atom stereocenters. The maximum absolute atomic E-state index is 11.4. The maximum atomic E-state index is 11.4. The second-order valence-corrected chi connectivity index (χ2v) is 7.20. The number of nitrogens with zero attached hydrogens (tertiary/aromatic N) is 2. The first-order valence-electron chi connectivity index (χ1n) is 8.93. The van der Waals surface area contributed by atoms with Crippen molar-refractivity contribution in [2.45, 2.75) is 45.7 Å². The van der Waals surface area contributed by atoms with Crippen LogP contribution in [0.4, 0.5) is 5.69 Å². The molecule has 1 N–H and O–H groups in total. The summed E-state index contributed by atoms with van der Waals surface area (Å²) >= 11 is 0. The van der Waals surface area contributed by atoms with E-state index in [2.05, 4.69) is 41.4 Å². The quantitative estimate of drug-likeness (QED) is 0.877. The second-order valence-electron chi connectivity index (χ2n) is 7.20. The molecule has 1 aliphatic heterocycles. The Balaban J connectivity index is 1.45. The number of anilines is 1. The maximum Gasteiger partial charge on any atom is 0.219 e. The van der Waals surface area contributed by atoms with E-state index in [9.17, 15) is 4.79 Å². The lowest BCUT2D eigenvalue weighted by Crippen LogP contribution is -2.47. The summed E-state index contributed by atoms with van der Waals surface area (Å²) in [7, 11) is 0. The minimum Gasteiger partial charge on any atom is -0.383 e. The van der Waals surface area contributed by atoms with Gasteiger partial charge in [-0.1, -0.05) is 25.0 Å². The van der Waals surface area contributed by atoms with Crippen molar-refractivity contribution in [2.75, 3.05) is 31.5 Å². The molecule has 2 fully saturated rings. The Kier molecular flexibility index (Phi) is 5.21. The van der Waals surface area contributed by atoms with Crippen LogP contribution in [0, 0.1) is 5.92 Å². The van der Waals surface area contributed by atoms with Gasteiger partial charge < -0.3 is 10.2 Å². The van der Waals surface area contributed by atoms with E-state index in [0.717, 1.165) is 38.6 Å². The Morgan fingerprint density at radius 1 is 1.17 bits per heavy atom. The molecule has 0 radical (unpaired) electrons. The molecular weight excluding hydrogens is 286 g/mol. The van der Waals surface area contributed by atoms with Gasteiger partial charge in [-0.2, -0.15) is 0 Å². The topological polar surface area (TPSA) is 35.6 Å². The van der Waals surface area contributed by atoms with Gasteiger partial charge >= 0.3 is 0 Å². The highest BCUT2D eigenvalue weighted by Crippen LogP contribution is 2.34. The van der Waals surface area contributed by atoms with E-state index in [4.69, 9.17) is 0 Å². The van der Waals surface area contributed by atoms with Crippen molar-refractivity contribution in [3.8, 4) is 0 Å². The average molecular weight is 315 g/mol. The van der Waals surface area contributed by atoms with Gasteiger partial charge in [-0.15, -0.1) is 0 Å². The zero-order chi connectivity index (χ0) is 16.2. The lowest BCUT2D eigenvalue weighted by molar-refractivity contribution is -0.130. The molecule has 4 nitrogen and oxygen atoms in total. The highest BCUT2D eigenvalue weighted by Gasteiger charge is 2.23. The summed E-state index contributed by atoms with van der Waals surface area (Å²) in [4.78, 5) is 15.7. The predicted octanol–water partition coefficient (Wildman–Crippen LogP) is 2.95. The molecule has 126 valence electrons. The van der Waals surface area contributed by atoms with Gasteiger partial charge in [0.25, 0.3) is 0 Å². The molecule has 1 aromatic carbocycles. The van der Waals surface area contributed by atoms with Crippen LogP contribution in [0.2, 0.25) is 0 Å². The van der Waals surface area contributed by atoms with Crippen LogP contribution in [0.15, 0.2) is 24.3 Å². The predicted molar refractivity (Wildman–Crippen MR) is 94.4 cm³/mol. The molecule has 1 aromatic rings. The van der Waals surface area contributed by atoms with Crippen molar-refractivity contribution in [3.05, 3.63) is 29.8 Å². The molecule has 4 heteroatoms. The number of benzene rings is 1. The Morgan fingerprint density at radius 2 is 1.83 bits per heavy atom. The van der Waals surface area contributed by atoms with Crippen LogP contribution in [0.5, 0.6) is 0 Å². The Hall–Kier alpha value is -1.55. The molecule has 1 aliphatic carbocycles. The van der Waals surface area contributed by atoms with Gasteiger partial charge in [-0.3, -0.25) is 9.69 Å². The number of nitrogens with one attached hydrogen (secondary N) is 1. The lowest BCUT2D eigenvalue weighted by atomic mass is 10.1. The van der Waals surface area contributed by atoms with E-state index >= 15 is 0 Å². The third-order valence-electron chi connectivity index (χ3n) is 4.97. The van der Waals surface area contributed by atoms with Crippen molar-refractivity contribution in [3.63, 3.8) is 0 Å². The standard InChI is InChI=1S/C19H29N3O/c1-15(13-17-3-4-17)20-19-7-5-18(6-8-19)14-21-9-11-22(12-10-21)16(2)23/h5-8,15,17,20H,3-4,9-14H2,1-2H3/t15-/m0/s1. The van der Waals surface area contributed by atoms with Gasteiger partial charge in [0.1, 0.15) is 0 Å². The zero-order valence-electron chi connectivity index (χ0n) is 14.4. The monoisotopic (exact) mass is 315 g/mol. The third-order valence-corrected chi connectivity index (χ3v) is 4.97. The largest absolute Gasteiger partial charge is 0.383 e. The summed E-state index contributed by atoms with van der Waals surface area (Å²) in [6.07, 6.45) is 4.13. The molecule has 1 heterocycles. The summed E-state index contributed by atoms with van der Waals surface area (Å²) in [5.41, 5.74) is 2.57. The first-order valence-corrected chi connectivity index (χ1v) is 8.93. The van der Waals surface area contributed by atoms with Crippen LogP contribution < -0.4 is 5.32 Å². The Labute approximate surface area is 139 Å². The normalized spacial score (nSPS) is 20.3. The fraction of sp³-hybridized carbons (Fsp3) is 0.632. The van der Waals surface area contributed by atoms with Crippen molar-refractivity contribution >= 4 is 11.6 Å². The van der Waals surface area contributed by atoms with Crippen LogP contribution in [-0.4, -0.2) is 47.9 Å². The van der Waals surface area contributed by atoms with E-state index in [0.29, 0.717) is 6.04 Å². The summed E-state index contributed by atoms with van der Waals surface area (Å²) < 4.78 is 0. The van der Waals surface area contributed by atoms with Crippen LogP contribution in [-0.2, 0) is 11.3 Å². The molecule has 0 bridgehead atoms. The van der Waals surface area contributed by atoms with Crippen LogP contribution in [0.25, 0.3) is 0 Å². The molecular formula is C19H29N3O. The number of carbonyl (C=O) groups is 1. The van der Waals surface area contributed by atoms with Crippen LogP contribution in [0.3, 0.4) is 0 Å². The number of rotatable bonds is 6. The van der Waals surface area contributed by atoms with Gasteiger partial charge in [0.05, 0.1) is 0 Å². The minimum atomic E-state index is 0.195. The van der Waals surface area contributed by atoms with E-state index in [1.54, 1.807) is 6.92 Å². The molecule has 1 saturated heterocycles. The van der Waals surface area contributed by atoms with E-state index in [-0.39, 0.29) is 5.91 Å². The van der Waals surface area contributed by atoms with E-state index in [1.165, 1.54) is 30.5 Å². The van der Waals surface area contributed by atoms with Gasteiger partial charge in [-0.25, -0.2) is 0 Å². The SMILES string of the molecule is CC(=O)N1CCN(Cc2ccc(N[C@@H](C)CC3CC3)cc2)CC1. The Morgan fingerprint density at radius 3 is 2.39 bits per heavy atom. The number of hydrogen-bond donors (Lipinski definition) is 1. The van der Waals surface area contributed by atoms with Gasteiger partial charge in [-0.05, 0) is 37.0 Å². The van der Waals surface area contributed by atoms with Gasteiger partial charge in [0, 0.05) is 51.4 Å². The number of amides is 1. The molecule has 0 spiro atoms. The van der Waals surface area contributed by atoms with Crippen LogP contribution >= 0.6 is 0 Å². The molecule has 0 aromatic heterocycles. The fourth-order valence-corrected chi connectivity index (χ4v) is 3.38. The molecule has 2 aliphatic rings. The van der Waals surface area contributed by atoms with E-state index in [1.807, 2.05) is 4.90 Å². The smallest absolute Gasteiger partial charge is 0.219 e. The summed E-state index contributed by atoms with van der Waals surface area (Å²) in [6.45, 7) is 8.56. The number of hydrogen-bond acceptors (Lipinski definition) is 3. The lowest BCUT2D eigenvalue weighted by Gasteiger charge is -2.34. The summed E-state index contributed by atoms with van der Waals surface area (Å²) in [5.74, 6) is 1.16. The number of piperazine rings is 1. The summed E-state index contributed by atoms with van der Waals surface area (Å²) in [6, 6.07) is 9.41. The second kappa shape index (κ2) is 7.35. The summed E-state index contributed by atoms with van der Waals surface area (Å²) in [5, 5.41) is 3.60. The van der Waals surface area contributed by atoms with Crippen molar-refractivity contribution in [1.82, 2.24) is 9.80 Å². The van der Waals surface area contributed by atoms with Gasteiger partial charge in [0.2, 0.25) is 5.91 Å². The molecule has 1 amide bonds. The Bertz CT molecular complexity index is 516. The minimum absolute atomic E-state index is 0.195. The van der Waals surface area contributed by atoms with E-state index < -0.39 is 0 Å².